The number of carbonyl (C=O) groups excluding carboxylic acids is 1. The molecule has 2 aliphatic carbocycles. The maximum atomic E-state index is 12.3. The van der Waals surface area contributed by atoms with Gasteiger partial charge < -0.3 is 14.9 Å². The third-order valence-corrected chi connectivity index (χ3v) is 5.52. The van der Waals surface area contributed by atoms with Crippen molar-refractivity contribution in [2.75, 3.05) is 12.8 Å². The Morgan fingerprint density at radius 2 is 1.85 bits per heavy atom. The number of rotatable bonds is 3. The van der Waals surface area contributed by atoms with E-state index in [1.165, 1.54) is 54.1 Å². The molecule has 3 N–H and O–H groups in total. The second kappa shape index (κ2) is 8.12. The lowest BCUT2D eigenvalue weighted by Crippen LogP contribution is -2.52. The van der Waals surface area contributed by atoms with Crippen molar-refractivity contribution in [2.45, 2.75) is 57.4 Å². The minimum absolute atomic E-state index is 0.318. The summed E-state index contributed by atoms with van der Waals surface area (Å²) in [6, 6.07) is 6.94. The fourth-order valence-corrected chi connectivity index (χ4v) is 4.45. The molecule has 1 fully saturated rings. The molecule has 6 nitrogen and oxygen atoms in total. The van der Waals surface area contributed by atoms with Crippen LogP contribution < -0.4 is 5.73 Å². The Morgan fingerprint density at radius 1 is 1.19 bits per heavy atom. The first kappa shape index (κ1) is 20.0. The molecule has 2 aromatic rings. The van der Waals surface area contributed by atoms with Gasteiger partial charge in [-0.25, -0.2) is 8.42 Å². The predicted octanol–water partition coefficient (Wildman–Crippen LogP) is 2.22. The Labute approximate surface area is 160 Å². The third-order valence-electron chi connectivity index (χ3n) is 5.52. The summed E-state index contributed by atoms with van der Waals surface area (Å²) in [6.07, 6.45) is 8.98. The van der Waals surface area contributed by atoms with Gasteiger partial charge in [-0.05, 0) is 48.4 Å². The van der Waals surface area contributed by atoms with Crippen molar-refractivity contribution in [1.29, 1.82) is 0 Å². The van der Waals surface area contributed by atoms with E-state index >= 15 is 0 Å². The molecule has 1 aromatic carbocycles. The molecule has 0 spiro atoms. The highest BCUT2D eigenvalue weighted by molar-refractivity contribution is 7.84. The van der Waals surface area contributed by atoms with Gasteiger partial charge in [0.25, 0.3) is 0 Å². The number of nitrogens with zero attached hydrogens (tertiary/aromatic N) is 1. The molecule has 1 heterocycles. The number of hydrogen-bond donors (Lipinski definition) is 1. The normalized spacial score (nSPS) is 17.7. The average Bonchev–Trinajstić information content (AvgIpc) is 3.14. The molecule has 0 aliphatic heterocycles. The van der Waals surface area contributed by atoms with E-state index in [0.29, 0.717) is 18.5 Å². The first-order valence-electron chi connectivity index (χ1n) is 9.68. The summed E-state index contributed by atoms with van der Waals surface area (Å²) in [7, 11) is -3.92. The molecule has 148 valence electrons. The molecule has 0 unspecified atom stereocenters. The molecule has 4 rings (SSSR count). The first-order chi connectivity index (χ1) is 12.8. The number of ketones is 1. The van der Waals surface area contributed by atoms with Gasteiger partial charge in [0.15, 0.2) is 5.78 Å². The molecule has 2 aliphatic rings. The standard InChI is InChI=1S/C19H24N2O.CH4O3S/c20-10-11-21-17-8-6-14(13-4-2-1-3-5-13)12-16(17)15-7-9-18(22)19(15)21;1-5(2,3)4/h6,8,12-13H,1-5,7,9-11,20H2;1H3,(H,2,3,4). The highest BCUT2D eigenvalue weighted by atomic mass is 32.2. The minimum atomic E-state index is -3.92. The number of fused-ring (bicyclic) bond motifs is 3. The van der Waals surface area contributed by atoms with Crippen LogP contribution in [0.15, 0.2) is 18.2 Å². The summed E-state index contributed by atoms with van der Waals surface area (Å²) in [4.78, 5) is 12.3. The predicted molar refractivity (Wildman–Crippen MR) is 104 cm³/mol. The lowest BCUT2D eigenvalue weighted by atomic mass is 9.83. The van der Waals surface area contributed by atoms with Crippen molar-refractivity contribution in [2.24, 2.45) is 0 Å². The molecule has 0 amide bonds. The molecule has 1 saturated carbocycles. The fraction of sp³-hybridized carbons (Fsp3) is 0.550. The Bertz CT molecular complexity index is 933. The van der Waals surface area contributed by atoms with E-state index in [9.17, 15) is 4.79 Å². The highest BCUT2D eigenvalue weighted by Crippen LogP contribution is 2.38. The highest BCUT2D eigenvalue weighted by Gasteiger charge is 2.28. The molecule has 27 heavy (non-hydrogen) atoms. The van der Waals surface area contributed by atoms with Gasteiger partial charge in [0.05, 0.1) is 28.9 Å². The lowest BCUT2D eigenvalue weighted by Gasteiger charge is -2.22. The molecule has 0 bridgehead atoms. The van der Waals surface area contributed by atoms with Gasteiger partial charge in [-0.2, -0.15) is 0 Å². The molecule has 7 heteroatoms. The zero-order valence-corrected chi connectivity index (χ0v) is 16.7. The number of aryl methyl sites for hydroxylation is 1. The van der Waals surface area contributed by atoms with Crippen molar-refractivity contribution in [3.8, 4) is 0 Å². The number of quaternary nitrogens is 1. The minimum Gasteiger partial charge on any atom is -0.748 e. The fourth-order valence-electron chi connectivity index (χ4n) is 4.45. The van der Waals surface area contributed by atoms with E-state index in [1.54, 1.807) is 0 Å². The zero-order chi connectivity index (χ0) is 19.6. The summed E-state index contributed by atoms with van der Waals surface area (Å²) in [5, 5.41) is 1.33. The van der Waals surface area contributed by atoms with E-state index < -0.39 is 10.1 Å². The monoisotopic (exact) mass is 392 g/mol. The number of carbonyl (C=O) groups is 1. The van der Waals surface area contributed by atoms with Crippen LogP contribution in [-0.2, 0) is 23.1 Å². The quantitative estimate of drug-likeness (QED) is 0.808. The van der Waals surface area contributed by atoms with Crippen LogP contribution in [-0.4, -0.2) is 36.1 Å². The number of hydrogen-bond acceptors (Lipinski definition) is 4. The molecule has 0 atom stereocenters. The van der Waals surface area contributed by atoms with Crippen molar-refractivity contribution in [1.82, 2.24) is 4.57 Å². The summed E-state index contributed by atoms with van der Waals surface area (Å²) < 4.78 is 29.4. The van der Waals surface area contributed by atoms with Crippen LogP contribution in [0.3, 0.4) is 0 Å². The van der Waals surface area contributed by atoms with Crippen LogP contribution in [0.5, 0.6) is 0 Å². The molecular weight excluding hydrogens is 364 g/mol. The molecule has 0 saturated heterocycles. The third kappa shape index (κ3) is 4.59. The molecule has 0 radical (unpaired) electrons. The van der Waals surface area contributed by atoms with Crippen molar-refractivity contribution in [3.63, 3.8) is 0 Å². The van der Waals surface area contributed by atoms with Crippen LogP contribution in [0.1, 0.15) is 66.1 Å². The Kier molecular flexibility index (Phi) is 6.03. The van der Waals surface area contributed by atoms with Crippen molar-refractivity contribution >= 4 is 26.8 Å². The van der Waals surface area contributed by atoms with Crippen LogP contribution in [0.4, 0.5) is 0 Å². The largest absolute Gasteiger partial charge is 0.748 e. The Morgan fingerprint density at radius 3 is 2.48 bits per heavy atom. The average molecular weight is 393 g/mol. The summed E-state index contributed by atoms with van der Waals surface area (Å²) >= 11 is 0. The second-order valence-corrected chi connectivity index (χ2v) is 8.98. The molecule has 1 aromatic heterocycles. The van der Waals surface area contributed by atoms with Gasteiger partial charge in [0, 0.05) is 23.6 Å². The second-order valence-electron chi connectivity index (χ2n) is 7.57. The van der Waals surface area contributed by atoms with E-state index in [0.717, 1.165) is 31.1 Å². The van der Waals surface area contributed by atoms with E-state index in [2.05, 4.69) is 28.5 Å². The van der Waals surface area contributed by atoms with Gasteiger partial charge in [-0.1, -0.05) is 25.3 Å². The number of benzene rings is 1. The first-order valence-corrected chi connectivity index (χ1v) is 11.5. The van der Waals surface area contributed by atoms with Gasteiger partial charge >= 0.3 is 0 Å². The topological polar surface area (TPSA) is 107 Å². The van der Waals surface area contributed by atoms with Crippen LogP contribution in [0, 0.1) is 0 Å². The van der Waals surface area contributed by atoms with Crippen molar-refractivity contribution in [3.05, 3.63) is 35.0 Å². The maximum absolute atomic E-state index is 12.3. The number of Topliss-reactive ketones (excluding diaryl/α,β-unsaturated/α-hetero) is 1. The van der Waals surface area contributed by atoms with Gasteiger partial charge in [0.2, 0.25) is 0 Å². The van der Waals surface area contributed by atoms with Gasteiger partial charge in [0.1, 0.15) is 0 Å². The summed E-state index contributed by atoms with van der Waals surface area (Å²) in [6.45, 7) is 1.67. The summed E-state index contributed by atoms with van der Waals surface area (Å²) in [5.74, 6) is 1.04. The van der Waals surface area contributed by atoms with E-state index in [-0.39, 0.29) is 0 Å². The lowest BCUT2D eigenvalue weighted by molar-refractivity contribution is -0.369. The van der Waals surface area contributed by atoms with Crippen LogP contribution >= 0.6 is 0 Å². The number of aromatic nitrogens is 1. The van der Waals surface area contributed by atoms with E-state index in [1.807, 2.05) is 0 Å². The van der Waals surface area contributed by atoms with E-state index in [4.69, 9.17) is 13.0 Å². The SMILES string of the molecule is CS(=O)(=O)[O-].[NH3+]CCn1c2c(c3cc(C4CCCCC4)ccc31)CCC2=O. The Hall–Kier alpha value is -1.70. The summed E-state index contributed by atoms with van der Waals surface area (Å²) in [5.41, 5.74) is 8.97. The zero-order valence-electron chi connectivity index (χ0n) is 15.9. The molecular formula is C20H28N2O4S. The maximum Gasteiger partial charge on any atom is 0.179 e. The van der Waals surface area contributed by atoms with Crippen molar-refractivity contribution < 1.29 is 23.5 Å². The van der Waals surface area contributed by atoms with Gasteiger partial charge in [-0.15, -0.1) is 0 Å². The Balaban J connectivity index is 0.000000376. The van der Waals surface area contributed by atoms with Crippen LogP contribution in [0.25, 0.3) is 10.9 Å². The van der Waals surface area contributed by atoms with Gasteiger partial charge in [-0.3, -0.25) is 4.79 Å². The van der Waals surface area contributed by atoms with Crippen LogP contribution in [0.2, 0.25) is 0 Å². The smallest absolute Gasteiger partial charge is 0.179 e.